The number of hydrogen-bond donors (Lipinski definition) is 3. The van der Waals surface area contributed by atoms with E-state index in [1.165, 1.54) is 13.8 Å². The first-order valence-corrected chi connectivity index (χ1v) is 7.57. The van der Waals surface area contributed by atoms with Crippen LogP contribution in [0.1, 0.15) is 20.3 Å². The van der Waals surface area contributed by atoms with E-state index in [1.54, 1.807) is 0 Å². The molecule has 0 spiro atoms. The van der Waals surface area contributed by atoms with Crippen molar-refractivity contribution in [3.05, 3.63) is 28.5 Å². The number of aromatic nitrogens is 1. The number of hydrogen-bond acceptors (Lipinski definition) is 5. The van der Waals surface area contributed by atoms with Crippen molar-refractivity contribution in [2.45, 2.75) is 30.7 Å². The molecule has 0 aliphatic carbocycles. The molecule has 0 radical (unpaired) electrons. The minimum atomic E-state index is -4.34. The average Bonchev–Trinajstić information content (AvgIpc) is 2.63. The lowest BCUT2D eigenvalue weighted by Gasteiger charge is -2.24. The molecule has 3 N–H and O–H groups in total. The first-order valence-electron chi connectivity index (χ1n) is 6.08. The van der Waals surface area contributed by atoms with Gasteiger partial charge in [0, 0.05) is 17.7 Å². The monoisotopic (exact) mass is 332 g/mol. The second-order valence-electron chi connectivity index (χ2n) is 5.35. The third kappa shape index (κ3) is 3.34. The molecule has 1 aromatic heterocycles. The molecule has 2 rings (SSSR count). The Morgan fingerprint density at radius 3 is 2.68 bits per heavy atom. The van der Waals surface area contributed by atoms with Crippen LogP contribution in [0.15, 0.2) is 26.2 Å². The number of sulfonamides is 1. The fourth-order valence-electron chi connectivity index (χ4n) is 1.99. The van der Waals surface area contributed by atoms with Crippen molar-refractivity contribution in [3.8, 4) is 0 Å². The summed E-state index contributed by atoms with van der Waals surface area (Å²) < 4.78 is 45.2. The van der Waals surface area contributed by atoms with Crippen molar-refractivity contribution in [2.24, 2.45) is 0 Å². The zero-order valence-electron chi connectivity index (χ0n) is 11.6. The molecule has 22 heavy (non-hydrogen) atoms. The lowest BCUT2D eigenvalue weighted by Crippen LogP contribution is -2.45. The zero-order valence-corrected chi connectivity index (χ0v) is 12.5. The number of nitrogens with one attached hydrogen (secondary N) is 2. The summed E-state index contributed by atoms with van der Waals surface area (Å²) in [6, 6.07) is 1.68. The molecular weight excluding hydrogens is 319 g/mol. The average molecular weight is 332 g/mol. The molecule has 0 fully saturated rings. The molecule has 0 bridgehead atoms. The topological polar surface area (TPSA) is 129 Å². The number of aliphatic carboxylic acids is 1. The van der Waals surface area contributed by atoms with Gasteiger partial charge in [-0.25, -0.2) is 22.3 Å². The van der Waals surface area contributed by atoms with Crippen LogP contribution in [0, 0.1) is 5.82 Å². The van der Waals surface area contributed by atoms with Crippen LogP contribution in [0.2, 0.25) is 0 Å². The lowest BCUT2D eigenvalue weighted by molar-refractivity contribution is -0.138. The van der Waals surface area contributed by atoms with E-state index in [2.05, 4.69) is 14.1 Å². The van der Waals surface area contributed by atoms with Crippen LogP contribution in [0.5, 0.6) is 0 Å². The highest BCUT2D eigenvalue weighted by atomic mass is 32.2. The van der Waals surface area contributed by atoms with Gasteiger partial charge < -0.3 is 9.52 Å². The van der Waals surface area contributed by atoms with Gasteiger partial charge in [-0.15, -0.1) is 0 Å². The number of benzene rings is 1. The number of fused-ring (bicyclic) bond motifs is 1. The van der Waals surface area contributed by atoms with Crippen LogP contribution < -0.4 is 10.5 Å². The molecule has 0 aliphatic heterocycles. The number of H-pyrrole nitrogens is 1. The first kappa shape index (κ1) is 16.2. The molecule has 10 heteroatoms. The molecule has 0 saturated heterocycles. The Morgan fingerprint density at radius 1 is 1.45 bits per heavy atom. The van der Waals surface area contributed by atoms with Gasteiger partial charge in [-0.1, -0.05) is 0 Å². The molecule has 120 valence electrons. The van der Waals surface area contributed by atoms with Crippen LogP contribution in [0.25, 0.3) is 11.1 Å². The van der Waals surface area contributed by atoms with Crippen LogP contribution in [0.4, 0.5) is 4.39 Å². The van der Waals surface area contributed by atoms with E-state index < -0.39 is 44.4 Å². The van der Waals surface area contributed by atoms with Crippen LogP contribution in [-0.4, -0.2) is 30.0 Å². The Hall–Kier alpha value is -2.20. The summed E-state index contributed by atoms with van der Waals surface area (Å²) in [5.74, 6) is -3.15. The number of carboxylic acid groups (broad SMARTS) is 1. The highest BCUT2D eigenvalue weighted by Gasteiger charge is 2.30. The number of halogens is 1. The standard InChI is InChI=1S/C12H13FN2O6S/c1-12(2,5-10(16)17)15-22(19,20)9-4-8-7(3-6(9)13)14-11(18)21-8/h3-4,15H,5H2,1-2H3,(H,14,18)(H,16,17). The maximum atomic E-state index is 14.0. The second kappa shape index (κ2) is 5.21. The molecule has 2 aromatic rings. The third-order valence-electron chi connectivity index (χ3n) is 2.77. The van der Waals surface area contributed by atoms with E-state index in [9.17, 15) is 22.4 Å². The van der Waals surface area contributed by atoms with Gasteiger partial charge in [0.2, 0.25) is 10.0 Å². The van der Waals surface area contributed by atoms with E-state index in [0.29, 0.717) is 0 Å². The van der Waals surface area contributed by atoms with Crippen molar-refractivity contribution < 1.29 is 27.1 Å². The molecule has 1 heterocycles. The van der Waals surface area contributed by atoms with Crippen molar-refractivity contribution >= 4 is 27.1 Å². The molecule has 8 nitrogen and oxygen atoms in total. The highest BCUT2D eigenvalue weighted by Crippen LogP contribution is 2.23. The molecule has 1 aromatic carbocycles. The lowest BCUT2D eigenvalue weighted by atomic mass is 10.0. The van der Waals surface area contributed by atoms with Crippen molar-refractivity contribution in [1.29, 1.82) is 0 Å². The fraction of sp³-hybridized carbons (Fsp3) is 0.333. The summed E-state index contributed by atoms with van der Waals surface area (Å²) in [5.41, 5.74) is -1.43. The maximum Gasteiger partial charge on any atom is 0.417 e. The second-order valence-corrected chi connectivity index (χ2v) is 7.00. The number of aromatic amines is 1. The predicted octanol–water partition coefficient (Wildman–Crippen LogP) is 0.792. The predicted molar refractivity (Wildman–Crippen MR) is 73.4 cm³/mol. The van der Waals surface area contributed by atoms with Crippen LogP contribution in [-0.2, 0) is 14.8 Å². The normalized spacial score (nSPS) is 12.7. The van der Waals surface area contributed by atoms with E-state index in [4.69, 9.17) is 5.11 Å². The van der Waals surface area contributed by atoms with Crippen molar-refractivity contribution in [2.75, 3.05) is 0 Å². The molecule has 0 amide bonds. The quantitative estimate of drug-likeness (QED) is 0.742. The van der Waals surface area contributed by atoms with E-state index in [0.717, 1.165) is 12.1 Å². The third-order valence-corrected chi connectivity index (χ3v) is 4.48. The molecule has 0 aliphatic rings. The van der Waals surface area contributed by atoms with Gasteiger partial charge in [-0.05, 0) is 13.8 Å². The van der Waals surface area contributed by atoms with Gasteiger partial charge in [-0.2, -0.15) is 0 Å². The maximum absolute atomic E-state index is 14.0. The first-order chi connectivity index (χ1) is 10.00. The summed E-state index contributed by atoms with van der Waals surface area (Å²) in [5, 5.41) is 8.75. The Labute approximate surface area is 124 Å². The summed E-state index contributed by atoms with van der Waals surface area (Å²) in [7, 11) is -4.34. The van der Waals surface area contributed by atoms with Gasteiger partial charge in [-0.3, -0.25) is 9.78 Å². The van der Waals surface area contributed by atoms with E-state index in [-0.39, 0.29) is 11.1 Å². The number of carbonyl (C=O) groups is 1. The fourth-order valence-corrected chi connectivity index (χ4v) is 3.48. The largest absolute Gasteiger partial charge is 0.481 e. The van der Waals surface area contributed by atoms with Crippen molar-refractivity contribution in [1.82, 2.24) is 9.71 Å². The SMILES string of the molecule is CC(C)(CC(=O)O)NS(=O)(=O)c1cc2oc(=O)[nH]c2cc1F. The van der Waals surface area contributed by atoms with E-state index >= 15 is 0 Å². The van der Waals surface area contributed by atoms with Crippen LogP contribution in [0.3, 0.4) is 0 Å². The Morgan fingerprint density at radius 2 is 2.09 bits per heavy atom. The molecule has 0 atom stereocenters. The Balaban J connectivity index is 2.47. The van der Waals surface area contributed by atoms with Gasteiger partial charge in [0.15, 0.2) is 5.58 Å². The highest BCUT2D eigenvalue weighted by molar-refractivity contribution is 7.89. The van der Waals surface area contributed by atoms with Gasteiger partial charge in [0.25, 0.3) is 0 Å². The number of oxazole rings is 1. The Kier molecular flexibility index (Phi) is 3.83. The van der Waals surface area contributed by atoms with Gasteiger partial charge in [0.05, 0.1) is 11.9 Å². The Bertz CT molecular complexity index is 896. The number of rotatable bonds is 5. The van der Waals surface area contributed by atoms with Gasteiger partial charge >= 0.3 is 11.7 Å². The smallest absolute Gasteiger partial charge is 0.417 e. The minimum absolute atomic E-state index is 0.0197. The summed E-state index contributed by atoms with van der Waals surface area (Å²) >= 11 is 0. The van der Waals surface area contributed by atoms with Crippen molar-refractivity contribution in [3.63, 3.8) is 0 Å². The number of carboxylic acids is 1. The molecular formula is C12H13FN2O6S. The molecule has 0 unspecified atom stereocenters. The summed E-state index contributed by atoms with van der Waals surface area (Å²) in [6.45, 7) is 2.71. The summed E-state index contributed by atoms with van der Waals surface area (Å²) in [4.78, 5) is 23.2. The van der Waals surface area contributed by atoms with Gasteiger partial charge in [0.1, 0.15) is 10.7 Å². The summed E-state index contributed by atoms with van der Waals surface area (Å²) in [6.07, 6.45) is -0.491. The van der Waals surface area contributed by atoms with E-state index in [1.807, 2.05) is 0 Å². The molecule has 0 saturated carbocycles. The minimum Gasteiger partial charge on any atom is -0.481 e. The zero-order chi connectivity index (χ0) is 16.7. The van der Waals surface area contributed by atoms with Crippen LogP contribution >= 0.6 is 0 Å².